The predicted octanol–water partition coefficient (Wildman–Crippen LogP) is 11.0. The summed E-state index contributed by atoms with van der Waals surface area (Å²) in [5, 5.41) is 3.53. The molecule has 0 bridgehead atoms. The van der Waals surface area contributed by atoms with Crippen LogP contribution in [0.1, 0.15) is 111 Å². The lowest BCUT2D eigenvalue weighted by atomic mass is 9.65. The number of hydrogen-bond acceptors (Lipinski definition) is 4. The monoisotopic (exact) mass is 663 g/mol. The largest absolute Gasteiger partial charge is 0.496 e. The third-order valence-corrected chi connectivity index (χ3v) is 10.5. The van der Waals surface area contributed by atoms with E-state index in [0.29, 0.717) is 34.4 Å². The molecule has 1 aromatic rings. The van der Waals surface area contributed by atoms with Crippen LogP contribution < -0.4 is 5.32 Å². The van der Waals surface area contributed by atoms with Crippen molar-refractivity contribution in [2.24, 2.45) is 16.7 Å². The highest BCUT2D eigenvalue weighted by atomic mass is 19.1. The van der Waals surface area contributed by atoms with Crippen LogP contribution in [0.4, 0.5) is 8.78 Å². The molecule has 4 nitrogen and oxygen atoms in total. The molecule has 1 saturated heterocycles. The van der Waals surface area contributed by atoms with Gasteiger partial charge in [0.25, 0.3) is 0 Å². The molecule has 2 fully saturated rings. The summed E-state index contributed by atoms with van der Waals surface area (Å²) >= 11 is 0. The van der Waals surface area contributed by atoms with E-state index in [4.69, 9.17) is 9.47 Å². The molecule has 1 atom stereocenters. The summed E-state index contributed by atoms with van der Waals surface area (Å²) in [7, 11) is 1.43. The maximum atomic E-state index is 14.3. The van der Waals surface area contributed by atoms with Crippen LogP contribution >= 0.6 is 0 Å². The van der Waals surface area contributed by atoms with Crippen molar-refractivity contribution in [3.05, 3.63) is 102 Å². The van der Waals surface area contributed by atoms with Crippen LogP contribution in [0.15, 0.2) is 84.7 Å². The quantitative estimate of drug-likeness (QED) is 0.179. The molecule has 3 aliphatic rings. The Bertz CT molecular complexity index is 1380. The molecule has 1 aliphatic heterocycles. The summed E-state index contributed by atoms with van der Waals surface area (Å²) in [4.78, 5) is 12.3. The van der Waals surface area contributed by atoms with E-state index in [0.717, 1.165) is 45.0 Å². The van der Waals surface area contributed by atoms with E-state index in [1.165, 1.54) is 63.3 Å². The minimum Gasteiger partial charge on any atom is -0.496 e. The van der Waals surface area contributed by atoms with Gasteiger partial charge in [0.2, 0.25) is 0 Å². The maximum Gasteiger partial charge on any atom is 0.137 e. The number of benzene rings is 1. The summed E-state index contributed by atoms with van der Waals surface area (Å²) in [6.45, 7) is 20.5. The lowest BCUT2D eigenvalue weighted by Crippen LogP contribution is -2.46. The SMILES string of the molecule is C=C(/C=C(\OC)c1ccc(F)cc1F)C(=C)NC(CC)(CCC1CCC2(CCOCC2)CC1)CC(C)=O.CC(C)(C)C1=CC=CC=CC1. The highest BCUT2D eigenvalue weighted by molar-refractivity contribution is 5.77. The second kappa shape index (κ2) is 17.9. The number of Topliss-reactive ketones (excluding diaryl/α,β-unsaturated/α-hetero) is 1. The Morgan fingerprint density at radius 2 is 1.77 bits per heavy atom. The van der Waals surface area contributed by atoms with Crippen molar-refractivity contribution in [3.63, 3.8) is 0 Å². The van der Waals surface area contributed by atoms with Crippen LogP contribution in [0.3, 0.4) is 0 Å². The summed E-state index contributed by atoms with van der Waals surface area (Å²) in [6, 6.07) is 3.34. The summed E-state index contributed by atoms with van der Waals surface area (Å²) in [5.41, 5.74) is 3.09. The van der Waals surface area contributed by atoms with Crippen molar-refractivity contribution in [1.29, 1.82) is 0 Å². The zero-order chi connectivity index (χ0) is 35.4. The molecule has 1 aromatic carbocycles. The molecule has 6 heteroatoms. The van der Waals surface area contributed by atoms with Gasteiger partial charge in [-0.15, -0.1) is 0 Å². The number of ketones is 1. The molecule has 1 saturated carbocycles. The molecule has 2 aliphatic carbocycles. The third kappa shape index (κ3) is 11.7. The fourth-order valence-corrected chi connectivity index (χ4v) is 7.14. The van der Waals surface area contributed by atoms with Crippen molar-refractivity contribution in [2.75, 3.05) is 20.3 Å². The normalized spacial score (nSPS) is 19.3. The summed E-state index contributed by atoms with van der Waals surface area (Å²) in [5.74, 6) is -0.359. The summed E-state index contributed by atoms with van der Waals surface area (Å²) in [6.07, 6.45) is 23.9. The van der Waals surface area contributed by atoms with Gasteiger partial charge in [-0.2, -0.15) is 0 Å². The first kappa shape index (κ1) is 39.2. The fraction of sp³-hybridized carbons (Fsp3) is 0.548. The first-order valence-electron chi connectivity index (χ1n) is 17.7. The molecule has 4 rings (SSSR count). The minimum atomic E-state index is -0.714. The zero-order valence-corrected chi connectivity index (χ0v) is 30.4. The second-order valence-electron chi connectivity index (χ2n) is 15.0. The predicted molar refractivity (Wildman–Crippen MR) is 195 cm³/mol. The number of hydrogen-bond donors (Lipinski definition) is 1. The van der Waals surface area contributed by atoms with Crippen molar-refractivity contribution in [2.45, 2.75) is 111 Å². The molecular weight excluding hydrogens is 604 g/mol. The lowest BCUT2D eigenvalue weighted by Gasteiger charge is -2.44. The van der Waals surface area contributed by atoms with Crippen LogP contribution in [0.25, 0.3) is 5.76 Å². The molecule has 0 aromatic heterocycles. The maximum absolute atomic E-state index is 14.3. The number of nitrogens with one attached hydrogen (secondary N) is 1. The van der Waals surface area contributed by atoms with Gasteiger partial charge in [0.05, 0.1) is 12.7 Å². The minimum absolute atomic E-state index is 0.124. The highest BCUT2D eigenvalue weighted by Gasteiger charge is 2.38. The number of carbonyl (C=O) groups is 1. The van der Waals surface area contributed by atoms with Crippen molar-refractivity contribution >= 4 is 11.5 Å². The van der Waals surface area contributed by atoms with E-state index in [1.54, 1.807) is 13.0 Å². The Morgan fingerprint density at radius 1 is 1.08 bits per heavy atom. The van der Waals surface area contributed by atoms with Gasteiger partial charge in [-0.25, -0.2) is 8.78 Å². The number of ether oxygens (including phenoxy) is 2. The van der Waals surface area contributed by atoms with Gasteiger partial charge in [-0.05, 0) is 112 Å². The molecule has 1 spiro atoms. The number of carbonyl (C=O) groups excluding carboxylic acids is 1. The number of halogens is 2. The molecule has 264 valence electrons. The third-order valence-electron chi connectivity index (χ3n) is 10.5. The van der Waals surface area contributed by atoms with Crippen molar-refractivity contribution in [3.8, 4) is 0 Å². The molecule has 1 N–H and O–H groups in total. The van der Waals surface area contributed by atoms with Crippen molar-refractivity contribution < 1.29 is 23.0 Å². The van der Waals surface area contributed by atoms with Crippen LogP contribution in [-0.4, -0.2) is 31.6 Å². The van der Waals surface area contributed by atoms with E-state index in [1.807, 2.05) is 0 Å². The highest BCUT2D eigenvalue weighted by Crippen LogP contribution is 2.47. The van der Waals surface area contributed by atoms with E-state index in [-0.39, 0.29) is 17.1 Å². The second-order valence-corrected chi connectivity index (χ2v) is 15.0. The Morgan fingerprint density at radius 3 is 2.35 bits per heavy atom. The van der Waals surface area contributed by atoms with Crippen molar-refractivity contribution in [1.82, 2.24) is 5.32 Å². The van der Waals surface area contributed by atoms with E-state index in [9.17, 15) is 13.6 Å². The van der Waals surface area contributed by atoms with Crippen LogP contribution in [0.2, 0.25) is 0 Å². The van der Waals surface area contributed by atoms with E-state index >= 15 is 0 Å². The Kier molecular flexibility index (Phi) is 14.7. The molecule has 48 heavy (non-hydrogen) atoms. The van der Waals surface area contributed by atoms with E-state index in [2.05, 4.69) is 76.5 Å². The van der Waals surface area contributed by atoms with Gasteiger partial charge in [0.1, 0.15) is 23.2 Å². The molecule has 0 amide bonds. The van der Waals surface area contributed by atoms with Crippen LogP contribution in [0, 0.1) is 28.4 Å². The Labute approximate surface area is 289 Å². The molecule has 1 unspecified atom stereocenters. The Hall–Kier alpha value is -3.25. The van der Waals surface area contributed by atoms with E-state index < -0.39 is 17.2 Å². The first-order chi connectivity index (χ1) is 22.7. The van der Waals surface area contributed by atoms with Gasteiger partial charge in [0.15, 0.2) is 0 Å². The van der Waals surface area contributed by atoms with Gasteiger partial charge in [-0.1, -0.05) is 76.8 Å². The molecular formula is C42H59F2NO3. The van der Waals surface area contributed by atoms with Crippen LogP contribution in [0.5, 0.6) is 0 Å². The fourth-order valence-electron chi connectivity index (χ4n) is 7.14. The molecule has 1 heterocycles. The first-order valence-corrected chi connectivity index (χ1v) is 17.7. The molecule has 0 radical (unpaired) electrons. The number of rotatable bonds is 12. The van der Waals surface area contributed by atoms with Crippen LogP contribution in [-0.2, 0) is 14.3 Å². The lowest BCUT2D eigenvalue weighted by molar-refractivity contribution is -0.118. The Balaban J connectivity index is 0.000000480. The average molecular weight is 664 g/mol. The van der Waals surface area contributed by atoms with Gasteiger partial charge < -0.3 is 14.8 Å². The topological polar surface area (TPSA) is 47.6 Å². The smallest absolute Gasteiger partial charge is 0.137 e. The van der Waals surface area contributed by atoms with Gasteiger partial charge in [-0.3, -0.25) is 4.79 Å². The zero-order valence-electron chi connectivity index (χ0n) is 30.4. The average Bonchev–Trinajstić information content (AvgIpc) is 3.34. The van der Waals surface area contributed by atoms with Gasteiger partial charge >= 0.3 is 0 Å². The summed E-state index contributed by atoms with van der Waals surface area (Å²) < 4.78 is 38.7. The van der Waals surface area contributed by atoms with Gasteiger partial charge in [0, 0.05) is 36.9 Å². The number of methoxy groups -OCH3 is 1. The number of allylic oxidation sites excluding steroid dienone is 7. The standard InChI is InChI=1S/C31H43F2NO3.C11H16/c1-6-31(21-23(3)35,14-11-25-9-12-30(13-10-25)15-17-37-18-16-30)34-24(4)22(2)19-29(36-5)27-8-7-26(32)20-28(27)33;1-11(2,3)10-8-6-4-5-7-9-10/h7-8,19-20,25,34H,2,4,6,9-18,21H2,1,3,5H3;4-8H,9H2,1-3H3/b29-19-;.